The van der Waals surface area contributed by atoms with Crippen LogP contribution in [0.25, 0.3) is 11.0 Å². The van der Waals surface area contributed by atoms with Crippen molar-refractivity contribution in [3.63, 3.8) is 0 Å². The number of likely N-dealkylation sites (tertiary alicyclic amines) is 1. The molecule has 0 radical (unpaired) electrons. The fourth-order valence-corrected chi connectivity index (χ4v) is 4.02. The number of nitrogens with zero attached hydrogens (tertiary/aromatic N) is 4. The zero-order valence-electron chi connectivity index (χ0n) is 14.0. The van der Waals surface area contributed by atoms with Crippen molar-refractivity contribution in [2.75, 3.05) is 18.8 Å². The first-order valence-corrected chi connectivity index (χ1v) is 9.40. The van der Waals surface area contributed by atoms with Crippen LogP contribution in [0.3, 0.4) is 0 Å². The molecule has 0 spiro atoms. The number of carbonyl (C=O) groups is 1. The smallest absolute Gasteiger partial charge is 0.233 e. The van der Waals surface area contributed by atoms with E-state index in [0.29, 0.717) is 12.3 Å². The number of amides is 1. The van der Waals surface area contributed by atoms with Crippen molar-refractivity contribution in [1.82, 2.24) is 30.0 Å². The van der Waals surface area contributed by atoms with Gasteiger partial charge in [-0.2, -0.15) is 5.10 Å². The number of rotatable bonds is 4. The first-order valence-electron chi connectivity index (χ1n) is 8.41. The maximum atomic E-state index is 12.6. The number of benzene rings is 1. The van der Waals surface area contributed by atoms with Gasteiger partial charge in [-0.25, -0.2) is 9.97 Å². The maximum absolute atomic E-state index is 12.6. The number of piperidine rings is 1. The maximum Gasteiger partial charge on any atom is 0.233 e. The van der Waals surface area contributed by atoms with Gasteiger partial charge in [0.05, 0.1) is 16.8 Å². The van der Waals surface area contributed by atoms with E-state index in [1.54, 1.807) is 0 Å². The van der Waals surface area contributed by atoms with Crippen molar-refractivity contribution >= 4 is 28.7 Å². The monoisotopic (exact) mass is 356 g/mol. The van der Waals surface area contributed by atoms with E-state index in [9.17, 15) is 4.79 Å². The third-order valence-corrected chi connectivity index (χ3v) is 5.40. The number of thioether (sulfide) groups is 1. The van der Waals surface area contributed by atoms with Crippen LogP contribution in [-0.4, -0.2) is 54.8 Å². The molecular weight excluding hydrogens is 336 g/mol. The quantitative estimate of drug-likeness (QED) is 0.701. The molecule has 1 saturated heterocycles. The molecule has 0 aliphatic carbocycles. The lowest BCUT2D eigenvalue weighted by Crippen LogP contribution is -2.40. The van der Waals surface area contributed by atoms with Gasteiger partial charge < -0.3 is 9.88 Å². The molecule has 25 heavy (non-hydrogen) atoms. The summed E-state index contributed by atoms with van der Waals surface area (Å²) in [5.74, 6) is 1.66. The number of aromatic nitrogens is 5. The second-order valence-corrected chi connectivity index (χ2v) is 7.36. The molecule has 1 amide bonds. The molecule has 1 fully saturated rings. The average Bonchev–Trinajstić information content (AvgIpc) is 3.29. The highest BCUT2D eigenvalue weighted by Gasteiger charge is 2.26. The molecule has 4 rings (SSSR count). The van der Waals surface area contributed by atoms with Gasteiger partial charge in [-0.15, -0.1) is 0 Å². The zero-order chi connectivity index (χ0) is 17.2. The van der Waals surface area contributed by atoms with Crippen molar-refractivity contribution < 1.29 is 4.79 Å². The van der Waals surface area contributed by atoms with Crippen molar-refractivity contribution in [3.8, 4) is 0 Å². The number of imidazole rings is 1. The molecule has 1 aliphatic heterocycles. The molecule has 0 bridgehead atoms. The molecule has 8 heteroatoms. The largest absolute Gasteiger partial charge is 0.341 e. The van der Waals surface area contributed by atoms with E-state index in [4.69, 9.17) is 0 Å². The summed E-state index contributed by atoms with van der Waals surface area (Å²) in [5, 5.41) is 7.63. The van der Waals surface area contributed by atoms with Gasteiger partial charge in [-0.1, -0.05) is 17.8 Å². The topological polar surface area (TPSA) is 90.6 Å². The normalized spacial score (nSPS) is 18.0. The van der Waals surface area contributed by atoms with Crippen LogP contribution < -0.4 is 0 Å². The average molecular weight is 356 g/mol. The number of carbonyl (C=O) groups excluding carboxylic acids is 1. The minimum absolute atomic E-state index is 0.144. The van der Waals surface area contributed by atoms with Crippen LogP contribution in [-0.2, 0) is 4.79 Å². The first kappa shape index (κ1) is 16.1. The van der Waals surface area contributed by atoms with Crippen LogP contribution in [0.4, 0.5) is 0 Å². The lowest BCUT2D eigenvalue weighted by atomic mass is 9.97. The van der Waals surface area contributed by atoms with Gasteiger partial charge >= 0.3 is 0 Å². The number of H-pyrrole nitrogens is 2. The predicted octanol–water partition coefficient (Wildman–Crippen LogP) is 2.49. The van der Waals surface area contributed by atoms with Crippen LogP contribution in [0.5, 0.6) is 0 Å². The van der Waals surface area contributed by atoms with Crippen LogP contribution >= 0.6 is 11.8 Å². The lowest BCUT2D eigenvalue weighted by molar-refractivity contribution is -0.129. The molecule has 2 N–H and O–H groups in total. The van der Waals surface area contributed by atoms with Crippen LogP contribution in [0.15, 0.2) is 29.7 Å². The van der Waals surface area contributed by atoms with E-state index < -0.39 is 0 Å². The standard InChI is InChI=1S/C17H20N6OS/c1-11-4-5-13-14(7-11)21-17(20-13)25-9-15(24)23-6-2-3-12(8-23)16-18-10-19-22-16/h4-5,7,10,12H,2-3,6,8-9H2,1H3,(H,20,21)(H,18,19,22)/t12-/m0/s1. The Bertz CT molecular complexity index is 875. The summed E-state index contributed by atoms with van der Waals surface area (Å²) in [7, 11) is 0. The number of hydrogen-bond donors (Lipinski definition) is 2. The molecule has 3 heterocycles. The fraction of sp³-hybridized carbons (Fsp3) is 0.412. The Morgan fingerprint density at radius 1 is 1.44 bits per heavy atom. The van der Waals surface area contributed by atoms with Gasteiger partial charge in [0.1, 0.15) is 12.2 Å². The van der Waals surface area contributed by atoms with Gasteiger partial charge in [0.2, 0.25) is 5.91 Å². The lowest BCUT2D eigenvalue weighted by Gasteiger charge is -2.31. The Morgan fingerprint density at radius 2 is 2.36 bits per heavy atom. The molecule has 1 atom stereocenters. The van der Waals surface area contributed by atoms with Crippen molar-refractivity contribution in [1.29, 1.82) is 0 Å². The second kappa shape index (κ2) is 6.87. The molecular formula is C17H20N6OS. The summed E-state index contributed by atoms with van der Waals surface area (Å²) in [6.07, 6.45) is 3.55. The summed E-state index contributed by atoms with van der Waals surface area (Å²) in [5.41, 5.74) is 3.14. The SMILES string of the molecule is Cc1ccc2nc(SCC(=O)N3CCC[C@H](c4ncn[nH]4)C3)[nH]c2c1. The predicted molar refractivity (Wildman–Crippen MR) is 96.5 cm³/mol. The molecule has 2 aromatic heterocycles. The summed E-state index contributed by atoms with van der Waals surface area (Å²) >= 11 is 1.46. The van der Waals surface area contributed by atoms with Crippen LogP contribution in [0.2, 0.25) is 0 Å². The molecule has 0 unspecified atom stereocenters. The molecule has 3 aromatic rings. The molecule has 7 nitrogen and oxygen atoms in total. The third-order valence-electron chi connectivity index (χ3n) is 4.54. The molecule has 1 aromatic carbocycles. The summed E-state index contributed by atoms with van der Waals surface area (Å²) < 4.78 is 0. The summed E-state index contributed by atoms with van der Waals surface area (Å²) in [6, 6.07) is 6.11. The number of fused-ring (bicyclic) bond motifs is 1. The summed E-state index contributed by atoms with van der Waals surface area (Å²) in [6.45, 7) is 3.56. The van der Waals surface area contributed by atoms with E-state index in [1.807, 2.05) is 17.0 Å². The molecule has 0 saturated carbocycles. The zero-order valence-corrected chi connectivity index (χ0v) is 14.8. The van der Waals surface area contributed by atoms with Gasteiger partial charge in [0, 0.05) is 19.0 Å². The van der Waals surface area contributed by atoms with Crippen LogP contribution in [0, 0.1) is 6.92 Å². The van der Waals surface area contributed by atoms with Crippen molar-refractivity contribution in [2.45, 2.75) is 30.8 Å². The summed E-state index contributed by atoms with van der Waals surface area (Å²) in [4.78, 5) is 26.6. The Balaban J connectivity index is 1.37. The van der Waals surface area contributed by atoms with Crippen molar-refractivity contribution in [3.05, 3.63) is 35.9 Å². The van der Waals surface area contributed by atoms with E-state index >= 15 is 0 Å². The van der Waals surface area contributed by atoms with E-state index in [1.165, 1.54) is 23.7 Å². The number of aromatic amines is 2. The van der Waals surface area contributed by atoms with E-state index in [2.05, 4.69) is 38.1 Å². The minimum Gasteiger partial charge on any atom is -0.341 e. The first-order chi connectivity index (χ1) is 12.2. The van der Waals surface area contributed by atoms with Crippen LogP contribution in [0.1, 0.15) is 30.1 Å². The third kappa shape index (κ3) is 3.53. The number of hydrogen-bond acceptors (Lipinski definition) is 5. The Labute approximate surface area is 149 Å². The molecule has 1 aliphatic rings. The van der Waals surface area contributed by atoms with Gasteiger partial charge in [0.25, 0.3) is 0 Å². The Morgan fingerprint density at radius 3 is 3.20 bits per heavy atom. The Kier molecular flexibility index (Phi) is 4.44. The highest BCUT2D eigenvalue weighted by atomic mass is 32.2. The Hall–Kier alpha value is -2.35. The van der Waals surface area contributed by atoms with Gasteiger partial charge in [0.15, 0.2) is 5.16 Å². The highest BCUT2D eigenvalue weighted by Crippen LogP contribution is 2.25. The number of aryl methyl sites for hydroxylation is 1. The second-order valence-electron chi connectivity index (χ2n) is 6.40. The van der Waals surface area contributed by atoms with Crippen molar-refractivity contribution in [2.24, 2.45) is 0 Å². The molecule has 130 valence electrons. The van der Waals surface area contributed by atoms with Gasteiger partial charge in [-0.05, 0) is 37.5 Å². The fourth-order valence-electron chi connectivity index (χ4n) is 3.23. The van der Waals surface area contributed by atoms with Gasteiger partial charge in [-0.3, -0.25) is 9.89 Å². The van der Waals surface area contributed by atoms with E-state index in [0.717, 1.165) is 41.4 Å². The van der Waals surface area contributed by atoms with E-state index in [-0.39, 0.29) is 11.8 Å². The minimum atomic E-state index is 0.144. The number of nitrogens with one attached hydrogen (secondary N) is 2. The highest BCUT2D eigenvalue weighted by molar-refractivity contribution is 7.99.